The summed E-state index contributed by atoms with van der Waals surface area (Å²) in [5.74, 6) is 4.88. The van der Waals surface area contributed by atoms with Crippen LogP contribution in [-0.2, 0) is 9.59 Å². The van der Waals surface area contributed by atoms with Crippen molar-refractivity contribution in [2.45, 2.75) is 120 Å². The summed E-state index contributed by atoms with van der Waals surface area (Å²) in [5, 5.41) is 40.4. The number of H-pyrrole nitrogens is 3. The fourth-order valence-electron chi connectivity index (χ4n) is 11.2. The van der Waals surface area contributed by atoms with E-state index in [4.69, 9.17) is 21.6 Å². The predicted octanol–water partition coefficient (Wildman–Crippen LogP) is 16.3. The van der Waals surface area contributed by atoms with Crippen LogP contribution in [0.4, 0.5) is 91.4 Å². The number of carbonyl (C=O) groups excluding carboxylic acids is 3. The van der Waals surface area contributed by atoms with Gasteiger partial charge >= 0.3 is 6.18 Å². The predicted molar refractivity (Wildman–Crippen MR) is 400 cm³/mol. The number of pyridine rings is 1. The molecule has 3 aromatic carbocycles. The minimum Gasteiger partial charge on any atom is -0.356 e. The summed E-state index contributed by atoms with van der Waals surface area (Å²) in [6, 6.07) is 35.7. The van der Waals surface area contributed by atoms with Gasteiger partial charge in [0, 0.05) is 119 Å². The van der Waals surface area contributed by atoms with Crippen LogP contribution >= 0.6 is 46.9 Å². The summed E-state index contributed by atoms with van der Waals surface area (Å²) < 4.78 is 66.9. The molecule has 546 valence electrons. The fourth-order valence-corrected chi connectivity index (χ4v) is 13.8. The van der Waals surface area contributed by atoms with E-state index in [2.05, 4.69) is 92.3 Å². The summed E-state index contributed by atoms with van der Waals surface area (Å²) in [7, 11) is 0. The Kier molecular flexibility index (Phi) is 21.3. The number of aryl methyl sites for hydroxylation is 3. The molecule has 3 aliphatic heterocycles. The highest BCUT2D eigenvalue weighted by Crippen LogP contribution is 2.50. The highest BCUT2D eigenvalue weighted by Gasteiger charge is 2.55. The molecule has 0 radical (unpaired) electrons. The van der Waals surface area contributed by atoms with Gasteiger partial charge in [0.05, 0.1) is 32.4 Å². The lowest BCUT2D eigenvalue weighted by Crippen LogP contribution is -2.60. The average molecular weight is 1490 g/mol. The molecule has 5 aliphatic rings. The molecule has 10 heterocycles. The van der Waals surface area contributed by atoms with Crippen LogP contribution in [0.2, 0.25) is 5.15 Å². The largest absolute Gasteiger partial charge is 0.397 e. The molecule has 5 fully saturated rings. The summed E-state index contributed by atoms with van der Waals surface area (Å²) >= 11 is 10.1. The Morgan fingerprint density at radius 2 is 0.981 bits per heavy atom. The van der Waals surface area contributed by atoms with Crippen molar-refractivity contribution in [2.24, 2.45) is 11.8 Å². The fraction of sp³-hybridized carbons (Fsp3) is 0.319. The van der Waals surface area contributed by atoms with Crippen LogP contribution in [0.1, 0.15) is 87.9 Å². The van der Waals surface area contributed by atoms with E-state index in [1.54, 1.807) is 49.5 Å². The second-order valence-corrected chi connectivity index (χ2v) is 29.0. The van der Waals surface area contributed by atoms with Crippen LogP contribution in [0.25, 0.3) is 0 Å². The monoisotopic (exact) mass is 1490 g/mol. The van der Waals surface area contributed by atoms with E-state index in [-0.39, 0.29) is 51.0 Å². The molecule has 15 rings (SSSR count). The number of amides is 3. The Bertz CT molecular complexity index is 4660. The molecular formula is C69H82ClF5N22O3S3. The Morgan fingerprint density at radius 1 is 0.544 bits per heavy atom. The number of rotatable bonds is 23. The van der Waals surface area contributed by atoms with Gasteiger partial charge in [-0.1, -0.05) is 18.5 Å². The highest BCUT2D eigenvalue weighted by atomic mass is 35.5. The number of nitrogens with zero attached hydrogens (tertiary/aromatic N) is 13. The van der Waals surface area contributed by atoms with Crippen molar-refractivity contribution >= 4 is 134 Å². The van der Waals surface area contributed by atoms with Crippen molar-refractivity contribution in [3.8, 4) is 0 Å². The SMILES string of the molecule is CCC(=O)Nc1ccc(Sc2nc(Nc3cc(C)[nH]n3)cc(N3CC(F)(C4CC4)C3)n2)cc1.Cc1cc(C(=O)Nc2ccc(Sc3nc(Nc4cc(C)[nH]n4)cc(N4CCC4)n3)cc2)cc(Cl)n1.O=C(CC(F)(F)F)Nc1ccc(Sc2nc(Nc3ccn[nH]3)cc(N3CC(F)(C4CC4)C3)n2)cc1.[HH].[HH].[HH].[HH].[HH].[HH]. The van der Waals surface area contributed by atoms with Crippen LogP contribution in [0.3, 0.4) is 0 Å². The molecular weight excluding hydrogens is 1410 g/mol. The van der Waals surface area contributed by atoms with E-state index in [1.807, 2.05) is 103 Å². The van der Waals surface area contributed by atoms with Crippen LogP contribution in [-0.4, -0.2) is 140 Å². The lowest BCUT2D eigenvalue weighted by atomic mass is 9.91. The number of alkyl halides is 5. The van der Waals surface area contributed by atoms with Crippen LogP contribution in [0.5, 0.6) is 0 Å². The zero-order valence-corrected chi connectivity index (χ0v) is 59.2. The Balaban J connectivity index is 0.000000222. The molecule has 3 amide bonds. The molecule has 0 unspecified atom stereocenters. The maximum absolute atomic E-state index is 14.9. The van der Waals surface area contributed by atoms with Gasteiger partial charge in [-0.25, -0.2) is 43.7 Å². The first kappa shape index (κ1) is 71.3. The van der Waals surface area contributed by atoms with Gasteiger partial charge in [0.2, 0.25) is 11.8 Å². The number of aromatic nitrogens is 13. The zero-order valence-electron chi connectivity index (χ0n) is 56.0. The van der Waals surface area contributed by atoms with Gasteiger partial charge in [-0.15, -0.1) is 0 Å². The summed E-state index contributed by atoms with van der Waals surface area (Å²) in [6.07, 6.45) is 0.881. The van der Waals surface area contributed by atoms with Gasteiger partial charge in [0.1, 0.15) is 63.6 Å². The minimum atomic E-state index is -4.57. The molecule has 9 N–H and O–H groups in total. The maximum Gasteiger partial charge on any atom is 0.397 e. The molecule has 2 aliphatic carbocycles. The third-order valence-corrected chi connectivity index (χ3v) is 19.7. The van der Waals surface area contributed by atoms with Crippen molar-refractivity contribution in [1.82, 2.24) is 65.5 Å². The van der Waals surface area contributed by atoms with E-state index in [0.29, 0.717) is 109 Å². The van der Waals surface area contributed by atoms with Crippen molar-refractivity contribution < 1.29 is 44.9 Å². The maximum atomic E-state index is 14.9. The van der Waals surface area contributed by atoms with E-state index >= 15 is 0 Å². The van der Waals surface area contributed by atoms with Gasteiger partial charge in [-0.05, 0) is 185 Å². The molecule has 34 heteroatoms. The molecule has 0 bridgehead atoms. The van der Waals surface area contributed by atoms with Crippen molar-refractivity contribution in [3.05, 3.63) is 155 Å². The zero-order chi connectivity index (χ0) is 72.0. The topological polar surface area (TPSA) is 309 Å². The molecule has 0 atom stereocenters. The number of hydrogen-bond acceptors (Lipinski definition) is 22. The van der Waals surface area contributed by atoms with Crippen LogP contribution in [0.15, 0.2) is 158 Å². The Morgan fingerprint density at radius 3 is 1.36 bits per heavy atom. The normalized spacial score (nSPS) is 15.6. The van der Waals surface area contributed by atoms with Gasteiger partial charge in [-0.2, -0.15) is 28.5 Å². The lowest BCUT2D eigenvalue weighted by molar-refractivity contribution is -0.150. The third-order valence-electron chi connectivity index (χ3n) is 16.9. The average Bonchev–Trinajstić information content (AvgIpc) is 1.66. The second kappa shape index (κ2) is 30.8. The number of halogens is 6. The first-order chi connectivity index (χ1) is 49.5. The van der Waals surface area contributed by atoms with Crippen LogP contribution in [0, 0.1) is 32.6 Å². The Labute approximate surface area is 614 Å². The summed E-state index contributed by atoms with van der Waals surface area (Å²) in [6.45, 7) is 10.8. The smallest absolute Gasteiger partial charge is 0.356 e. The summed E-state index contributed by atoms with van der Waals surface area (Å²) in [4.78, 5) is 76.3. The van der Waals surface area contributed by atoms with Crippen LogP contribution < -0.4 is 46.6 Å². The number of nitrogens with one attached hydrogen (secondary N) is 9. The highest BCUT2D eigenvalue weighted by molar-refractivity contribution is 7.99. The first-order valence-electron chi connectivity index (χ1n) is 33.1. The van der Waals surface area contributed by atoms with Gasteiger partial charge in [-0.3, -0.25) is 29.7 Å². The minimum absolute atomic E-state index is 0. The van der Waals surface area contributed by atoms with E-state index in [9.17, 15) is 36.3 Å². The van der Waals surface area contributed by atoms with Crippen molar-refractivity contribution in [1.29, 1.82) is 0 Å². The molecule has 7 aromatic heterocycles. The van der Waals surface area contributed by atoms with Gasteiger partial charge in [0.15, 0.2) is 27.1 Å². The number of carbonyl (C=O) groups is 3. The first-order valence-corrected chi connectivity index (χ1v) is 35.9. The lowest BCUT2D eigenvalue weighted by Gasteiger charge is -2.45. The molecule has 2 saturated carbocycles. The standard InChI is InChI=1S/C24H23ClN8OS.C23H26FN7OS.C22H21F4N7OS.6H2/c1-14-10-16(12-19(25)26-14)23(34)27-17-4-6-18(7-5-17)35-24-29-20(28-21-11-15(2)31-32-21)13-22(30-24)33-8-3-9-33;1-3-21(32)25-16-6-8-17(9-7-16)33-22-27-18(26-19-10-14(2)29-30-19)11-20(28-22)31-12-23(24,13-31)15-4-5-15;23-21(13-1-2-13)11-33(12-21)18-9-17(29-16-7-8-27-32-16)30-20(31-18)35-15-5-3-14(4-6-15)28-19(34)10-22(24,25)26;;;;;;/h4-7,10-13H,3,8-9H2,1-2H3,(H,27,34)(H2,28,29,30,31,32);6-11,15H,3-5,12-13H2,1-2H3,(H,25,32)(H2,26,27,28,29,30);3-9,13H,1-2,10-12H2,(H,28,34)(H2,27,29,30,31,32);6*1H. The summed E-state index contributed by atoms with van der Waals surface area (Å²) in [5.41, 5.74) is 2.47. The third kappa shape index (κ3) is 19.3. The molecule has 0 spiro atoms. The molecule has 3 saturated heterocycles. The quantitative estimate of drug-likeness (QED) is 0.0163. The number of benzene rings is 3. The van der Waals surface area contributed by atoms with Crippen molar-refractivity contribution in [2.75, 3.05) is 85.9 Å². The molecule has 103 heavy (non-hydrogen) atoms. The van der Waals surface area contributed by atoms with Gasteiger partial charge < -0.3 is 46.6 Å². The second-order valence-electron chi connectivity index (χ2n) is 25.5. The van der Waals surface area contributed by atoms with E-state index < -0.39 is 29.8 Å². The molecule has 25 nitrogen and oxygen atoms in total. The van der Waals surface area contributed by atoms with E-state index in [0.717, 1.165) is 77.9 Å². The van der Waals surface area contributed by atoms with Crippen molar-refractivity contribution in [3.63, 3.8) is 0 Å². The number of aromatic amines is 3. The Hall–Kier alpha value is -10.1. The number of anilines is 12. The number of hydrogen-bond donors (Lipinski definition) is 9. The molecule has 10 aromatic rings. The van der Waals surface area contributed by atoms with E-state index in [1.165, 1.54) is 47.4 Å². The van der Waals surface area contributed by atoms with Gasteiger partial charge in [0.25, 0.3) is 5.91 Å².